The summed E-state index contributed by atoms with van der Waals surface area (Å²) >= 11 is 3.28. The molecule has 0 unspecified atom stereocenters. The van der Waals surface area contributed by atoms with E-state index in [0.29, 0.717) is 11.1 Å². The summed E-state index contributed by atoms with van der Waals surface area (Å²) < 4.78 is 7.91. The van der Waals surface area contributed by atoms with Crippen molar-refractivity contribution < 1.29 is 19.1 Å². The van der Waals surface area contributed by atoms with Gasteiger partial charge in [0.05, 0.1) is 5.56 Å². The van der Waals surface area contributed by atoms with Crippen molar-refractivity contribution in [2.24, 2.45) is 0 Å². The molecule has 0 aliphatic carbocycles. The summed E-state index contributed by atoms with van der Waals surface area (Å²) in [5, 5.41) is 0. The van der Waals surface area contributed by atoms with E-state index in [-0.39, 0.29) is 6.04 Å². The largest absolute Gasteiger partial charge is 0.452 e. The number of hydrogen-bond donors (Lipinski definition) is 2. The minimum Gasteiger partial charge on any atom is -0.452 e. The van der Waals surface area contributed by atoms with Crippen LogP contribution in [0.3, 0.4) is 0 Å². The van der Waals surface area contributed by atoms with Crippen molar-refractivity contribution in [3.05, 3.63) is 57.3 Å². The number of aromatic nitrogens is 1. The van der Waals surface area contributed by atoms with Gasteiger partial charge in [-0.2, -0.15) is 0 Å². The van der Waals surface area contributed by atoms with E-state index in [1.807, 2.05) is 32.3 Å². The van der Waals surface area contributed by atoms with Gasteiger partial charge in [0.2, 0.25) is 0 Å². The molecular weight excluding hydrogens is 414 g/mol. The van der Waals surface area contributed by atoms with Gasteiger partial charge >= 0.3 is 5.97 Å². The van der Waals surface area contributed by atoms with Gasteiger partial charge in [0.25, 0.3) is 11.8 Å². The number of carbonyl (C=O) groups excluding carboxylic acids is 3. The molecule has 27 heavy (non-hydrogen) atoms. The van der Waals surface area contributed by atoms with Crippen LogP contribution in [-0.2, 0) is 9.53 Å². The van der Waals surface area contributed by atoms with Crippen LogP contribution in [0.5, 0.6) is 0 Å². The summed E-state index contributed by atoms with van der Waals surface area (Å²) in [5.74, 6) is -1.68. The number of ether oxygens (including phenoxy) is 1. The summed E-state index contributed by atoms with van der Waals surface area (Å²) in [6, 6.07) is 8.60. The van der Waals surface area contributed by atoms with Gasteiger partial charge in [-0.1, -0.05) is 15.9 Å². The van der Waals surface area contributed by atoms with Gasteiger partial charge in [0, 0.05) is 27.5 Å². The topological polar surface area (TPSA) is 89.4 Å². The van der Waals surface area contributed by atoms with Crippen molar-refractivity contribution in [2.75, 3.05) is 6.61 Å². The number of nitrogens with zero attached hydrogens (tertiary/aromatic N) is 1. The monoisotopic (exact) mass is 435 g/mol. The highest BCUT2D eigenvalue weighted by Gasteiger charge is 2.19. The van der Waals surface area contributed by atoms with Crippen molar-refractivity contribution in [3.63, 3.8) is 0 Å². The lowest BCUT2D eigenvalue weighted by molar-refractivity contribution is -0.125. The lowest BCUT2D eigenvalue weighted by Crippen LogP contribution is -2.43. The molecule has 1 aromatic carbocycles. The van der Waals surface area contributed by atoms with E-state index in [0.717, 1.165) is 15.9 Å². The maximum Gasteiger partial charge on any atom is 0.340 e. The summed E-state index contributed by atoms with van der Waals surface area (Å²) in [6.45, 7) is 7.30. The summed E-state index contributed by atoms with van der Waals surface area (Å²) in [4.78, 5) is 36.0. The lowest BCUT2D eigenvalue weighted by atomic mass is 10.2. The Bertz CT molecular complexity index is 857. The number of aryl methyl sites for hydroxylation is 1. The molecule has 0 fully saturated rings. The van der Waals surface area contributed by atoms with Gasteiger partial charge < -0.3 is 9.30 Å². The van der Waals surface area contributed by atoms with Crippen LogP contribution in [-0.4, -0.2) is 29.0 Å². The number of rotatable bonds is 5. The smallest absolute Gasteiger partial charge is 0.340 e. The number of esters is 1. The molecule has 0 aliphatic rings. The summed E-state index contributed by atoms with van der Waals surface area (Å²) in [5.41, 5.74) is 7.03. The number of halogens is 1. The molecule has 2 N–H and O–H groups in total. The Hall–Kier alpha value is -2.61. The number of amides is 2. The molecule has 144 valence electrons. The molecule has 1 heterocycles. The first kappa shape index (κ1) is 20.7. The van der Waals surface area contributed by atoms with Crippen LogP contribution < -0.4 is 10.9 Å². The molecule has 0 radical (unpaired) electrons. The number of hydrogen-bond acceptors (Lipinski definition) is 4. The normalized spacial score (nSPS) is 10.6. The molecule has 2 aromatic rings. The highest BCUT2D eigenvalue weighted by Crippen LogP contribution is 2.20. The van der Waals surface area contributed by atoms with Crippen molar-refractivity contribution in [1.29, 1.82) is 0 Å². The second-order valence-corrected chi connectivity index (χ2v) is 7.25. The van der Waals surface area contributed by atoms with Crippen LogP contribution >= 0.6 is 15.9 Å². The van der Waals surface area contributed by atoms with E-state index in [9.17, 15) is 14.4 Å². The van der Waals surface area contributed by atoms with E-state index >= 15 is 0 Å². The first-order valence-electron chi connectivity index (χ1n) is 8.41. The number of nitrogens with one attached hydrogen (secondary N) is 2. The molecule has 0 spiro atoms. The summed E-state index contributed by atoms with van der Waals surface area (Å²) in [6.07, 6.45) is 0. The van der Waals surface area contributed by atoms with Gasteiger partial charge in [-0.3, -0.25) is 20.4 Å². The molecule has 0 saturated carbocycles. The average molecular weight is 436 g/mol. The SMILES string of the molecule is Cc1cc(C(=O)OCC(=O)NNC(=O)c2ccc(Br)cc2)c(C)n1C(C)C. The van der Waals surface area contributed by atoms with Crippen molar-refractivity contribution in [2.45, 2.75) is 33.7 Å². The van der Waals surface area contributed by atoms with E-state index < -0.39 is 24.4 Å². The molecule has 0 atom stereocenters. The molecule has 2 rings (SSSR count). The van der Waals surface area contributed by atoms with E-state index in [1.165, 1.54) is 0 Å². The van der Waals surface area contributed by atoms with Crippen LogP contribution in [0.25, 0.3) is 0 Å². The Labute approximate surface area is 166 Å². The molecule has 8 heteroatoms. The zero-order chi connectivity index (χ0) is 20.1. The van der Waals surface area contributed by atoms with Crippen molar-refractivity contribution in [3.8, 4) is 0 Å². The van der Waals surface area contributed by atoms with Crippen LogP contribution in [0.1, 0.15) is 52.0 Å². The zero-order valence-corrected chi connectivity index (χ0v) is 17.2. The molecule has 7 nitrogen and oxygen atoms in total. The Morgan fingerprint density at radius 3 is 2.30 bits per heavy atom. The third-order valence-corrected chi connectivity index (χ3v) is 4.51. The highest BCUT2D eigenvalue weighted by atomic mass is 79.9. The molecule has 1 aromatic heterocycles. The first-order chi connectivity index (χ1) is 12.7. The Balaban J connectivity index is 1.86. The molecular formula is C19H22BrN3O4. The Morgan fingerprint density at radius 1 is 1.11 bits per heavy atom. The maximum absolute atomic E-state index is 12.2. The minimum atomic E-state index is -0.633. The molecule has 2 amide bonds. The van der Waals surface area contributed by atoms with Crippen LogP contribution in [0.2, 0.25) is 0 Å². The number of carbonyl (C=O) groups is 3. The Kier molecular flexibility index (Phi) is 6.79. The average Bonchev–Trinajstić information content (AvgIpc) is 2.92. The number of hydrazine groups is 1. The van der Waals surface area contributed by atoms with E-state index in [4.69, 9.17) is 4.74 Å². The fourth-order valence-corrected chi connectivity index (χ4v) is 3.09. The van der Waals surface area contributed by atoms with Crippen LogP contribution in [0.15, 0.2) is 34.8 Å². The van der Waals surface area contributed by atoms with Crippen molar-refractivity contribution in [1.82, 2.24) is 15.4 Å². The first-order valence-corrected chi connectivity index (χ1v) is 9.20. The quantitative estimate of drug-likeness (QED) is 0.557. The zero-order valence-electron chi connectivity index (χ0n) is 15.6. The second-order valence-electron chi connectivity index (χ2n) is 6.33. The van der Waals surface area contributed by atoms with Gasteiger partial charge in [-0.15, -0.1) is 0 Å². The molecule has 0 saturated heterocycles. The minimum absolute atomic E-state index is 0.212. The van der Waals surface area contributed by atoms with Gasteiger partial charge in [0.1, 0.15) is 0 Å². The van der Waals surface area contributed by atoms with Crippen LogP contribution in [0.4, 0.5) is 0 Å². The maximum atomic E-state index is 12.2. The lowest BCUT2D eigenvalue weighted by Gasteiger charge is -2.13. The van der Waals surface area contributed by atoms with Gasteiger partial charge in [-0.25, -0.2) is 4.79 Å². The Morgan fingerprint density at radius 2 is 1.74 bits per heavy atom. The second kappa shape index (κ2) is 8.85. The molecule has 0 bridgehead atoms. The van der Waals surface area contributed by atoms with Gasteiger partial charge in [0.15, 0.2) is 6.61 Å². The third kappa shape index (κ3) is 5.19. The number of benzene rings is 1. The highest BCUT2D eigenvalue weighted by molar-refractivity contribution is 9.10. The fourth-order valence-electron chi connectivity index (χ4n) is 2.82. The van der Waals surface area contributed by atoms with Crippen LogP contribution in [0, 0.1) is 13.8 Å². The third-order valence-electron chi connectivity index (χ3n) is 3.98. The fraction of sp³-hybridized carbons (Fsp3) is 0.316. The van der Waals surface area contributed by atoms with E-state index in [2.05, 4.69) is 26.8 Å². The van der Waals surface area contributed by atoms with Gasteiger partial charge in [-0.05, 0) is 58.0 Å². The van der Waals surface area contributed by atoms with E-state index in [1.54, 1.807) is 30.3 Å². The summed E-state index contributed by atoms with van der Waals surface area (Å²) in [7, 11) is 0. The molecule has 0 aliphatic heterocycles. The standard InChI is InChI=1S/C19H22BrN3O4/c1-11(2)23-12(3)9-16(13(23)4)19(26)27-10-17(24)21-22-18(25)14-5-7-15(20)8-6-14/h5-9,11H,10H2,1-4H3,(H,21,24)(H,22,25). The predicted molar refractivity (Wildman–Crippen MR) is 104 cm³/mol. The van der Waals surface area contributed by atoms with Crippen molar-refractivity contribution >= 4 is 33.7 Å². The predicted octanol–water partition coefficient (Wildman–Crippen LogP) is 3.07.